The van der Waals surface area contributed by atoms with E-state index in [1.54, 1.807) is 26.8 Å². The van der Waals surface area contributed by atoms with Gasteiger partial charge in [-0.2, -0.15) is 0 Å². The molecule has 3 rings (SSSR count). The van der Waals surface area contributed by atoms with Crippen LogP contribution in [0.2, 0.25) is 0 Å². The van der Waals surface area contributed by atoms with Gasteiger partial charge in [-0.05, 0) is 69.0 Å². The number of amides is 3. The van der Waals surface area contributed by atoms with Crippen molar-refractivity contribution in [3.8, 4) is 0 Å². The number of benzene rings is 1. The van der Waals surface area contributed by atoms with Crippen molar-refractivity contribution in [2.24, 2.45) is 17.3 Å². The topological polar surface area (TPSA) is 118 Å². The summed E-state index contributed by atoms with van der Waals surface area (Å²) in [6, 6.07) is 6.50. The molecule has 45 heavy (non-hydrogen) atoms. The number of nitrogens with zero attached hydrogens (tertiary/aromatic N) is 2. The van der Waals surface area contributed by atoms with E-state index < -0.39 is 39.1 Å². The number of pyridine rings is 1. The molecule has 9 nitrogen and oxygen atoms in total. The Balaban J connectivity index is 1.61. The maximum atomic E-state index is 13.4. The molecule has 0 bridgehead atoms. The van der Waals surface area contributed by atoms with Gasteiger partial charge in [-0.3, -0.25) is 24.2 Å². The predicted molar refractivity (Wildman–Crippen MR) is 179 cm³/mol. The van der Waals surface area contributed by atoms with E-state index in [2.05, 4.69) is 34.7 Å². The Hall–Kier alpha value is -2.88. The van der Waals surface area contributed by atoms with Crippen molar-refractivity contribution in [1.82, 2.24) is 20.5 Å². The molecular formula is C33H43Cl3N4O5. The molecule has 0 saturated carbocycles. The van der Waals surface area contributed by atoms with Gasteiger partial charge in [0.1, 0.15) is 18.7 Å². The number of ether oxygens (including phenoxy) is 1. The van der Waals surface area contributed by atoms with Crippen molar-refractivity contribution in [3.63, 3.8) is 0 Å². The highest BCUT2D eigenvalue weighted by molar-refractivity contribution is 6.67. The van der Waals surface area contributed by atoms with Gasteiger partial charge in [0.2, 0.25) is 21.5 Å². The van der Waals surface area contributed by atoms with Gasteiger partial charge in [0.15, 0.2) is 0 Å². The van der Waals surface area contributed by atoms with Crippen molar-refractivity contribution < 1.29 is 23.9 Å². The summed E-state index contributed by atoms with van der Waals surface area (Å²) < 4.78 is 3.38. The van der Waals surface area contributed by atoms with Crippen LogP contribution in [0.15, 0.2) is 36.5 Å². The second kappa shape index (κ2) is 15.6. The maximum absolute atomic E-state index is 13.4. The van der Waals surface area contributed by atoms with Crippen LogP contribution in [0.5, 0.6) is 0 Å². The van der Waals surface area contributed by atoms with Crippen molar-refractivity contribution in [2.45, 2.75) is 76.7 Å². The van der Waals surface area contributed by atoms with Gasteiger partial charge >= 0.3 is 5.97 Å². The zero-order chi connectivity index (χ0) is 33.5. The molecule has 1 unspecified atom stereocenters. The Kier molecular flexibility index (Phi) is 12.7. The number of aryl methyl sites for hydroxylation is 1. The third-order valence-corrected chi connectivity index (χ3v) is 8.21. The summed E-state index contributed by atoms with van der Waals surface area (Å²) in [5.41, 5.74) is 1.00. The third kappa shape index (κ3) is 10.6. The van der Waals surface area contributed by atoms with Crippen LogP contribution in [0.25, 0.3) is 16.8 Å². The van der Waals surface area contributed by atoms with E-state index >= 15 is 0 Å². The first kappa shape index (κ1) is 36.6. The number of esters is 1. The van der Waals surface area contributed by atoms with Crippen molar-refractivity contribution in [3.05, 3.63) is 47.8 Å². The van der Waals surface area contributed by atoms with Crippen LogP contribution in [-0.4, -0.2) is 69.1 Å². The lowest BCUT2D eigenvalue weighted by Gasteiger charge is -2.34. The van der Waals surface area contributed by atoms with Crippen LogP contribution in [-0.2, 0) is 30.3 Å². The second-order valence-electron chi connectivity index (χ2n) is 12.5. The van der Waals surface area contributed by atoms with Crippen molar-refractivity contribution >= 4 is 75.3 Å². The summed E-state index contributed by atoms with van der Waals surface area (Å²) in [6.45, 7) is 11.0. The highest BCUT2D eigenvalue weighted by atomic mass is 35.6. The summed E-state index contributed by atoms with van der Waals surface area (Å²) in [6.07, 6.45) is 7.44. The second-order valence-corrected chi connectivity index (χ2v) is 15.0. The Labute approximate surface area is 280 Å². The quantitative estimate of drug-likeness (QED) is 0.235. The molecule has 1 aliphatic rings. The number of rotatable bonds is 11. The number of fused-ring (bicyclic) bond motifs is 1. The van der Waals surface area contributed by atoms with E-state index in [9.17, 15) is 19.2 Å². The molecule has 0 spiro atoms. The van der Waals surface area contributed by atoms with Crippen LogP contribution in [0.4, 0.5) is 0 Å². The minimum atomic E-state index is -1.72. The van der Waals surface area contributed by atoms with E-state index in [4.69, 9.17) is 39.5 Å². The number of hydrogen-bond acceptors (Lipinski definition) is 6. The third-order valence-electron chi connectivity index (χ3n) is 7.88. The Bertz CT molecular complexity index is 1420. The van der Waals surface area contributed by atoms with E-state index in [1.807, 2.05) is 38.3 Å². The van der Waals surface area contributed by atoms with Gasteiger partial charge in [0, 0.05) is 24.7 Å². The molecule has 0 aliphatic carbocycles. The Morgan fingerprint density at radius 1 is 1.09 bits per heavy atom. The van der Waals surface area contributed by atoms with Crippen LogP contribution >= 0.6 is 34.8 Å². The monoisotopic (exact) mass is 680 g/mol. The van der Waals surface area contributed by atoms with E-state index in [-0.39, 0.29) is 30.9 Å². The van der Waals surface area contributed by atoms with Crippen molar-refractivity contribution in [1.29, 1.82) is 0 Å². The molecule has 3 atom stereocenters. The average Bonchev–Trinajstić information content (AvgIpc) is 2.99. The first-order valence-electron chi connectivity index (χ1n) is 15.2. The largest absolute Gasteiger partial charge is 0.461 e. The van der Waals surface area contributed by atoms with Crippen LogP contribution in [0, 0.1) is 17.3 Å². The molecule has 1 aromatic carbocycles. The normalized spacial score (nSPS) is 17.3. The van der Waals surface area contributed by atoms with Crippen molar-refractivity contribution in [2.75, 3.05) is 19.7 Å². The number of hydrogen-bond donors (Lipinski definition) is 2. The number of halogens is 3. The zero-order valence-electron chi connectivity index (χ0n) is 26.7. The molecule has 2 heterocycles. The summed E-state index contributed by atoms with van der Waals surface area (Å²) in [7, 11) is 0. The van der Waals surface area contributed by atoms with E-state index in [1.165, 1.54) is 10.5 Å². The molecule has 1 aromatic heterocycles. The summed E-state index contributed by atoms with van der Waals surface area (Å²) in [5, 5.41) is 7.73. The lowest BCUT2D eigenvalue weighted by Crippen LogP contribution is -2.57. The number of likely N-dealkylation sites (tertiary alicyclic amines) is 1. The fraction of sp³-hybridized carbons (Fsp3) is 0.545. The van der Waals surface area contributed by atoms with Crippen LogP contribution < -0.4 is 10.6 Å². The smallest absolute Gasteiger partial charge is 0.310 e. The maximum Gasteiger partial charge on any atom is 0.310 e. The highest BCUT2D eigenvalue weighted by Gasteiger charge is 2.35. The molecule has 1 saturated heterocycles. The number of nitrogens with one attached hydrogen (secondary N) is 2. The molecule has 2 N–H and O–H groups in total. The minimum absolute atomic E-state index is 0.133. The van der Waals surface area contributed by atoms with Gasteiger partial charge in [0.25, 0.3) is 0 Å². The minimum Gasteiger partial charge on any atom is -0.461 e. The molecule has 0 radical (unpaired) electrons. The van der Waals surface area contributed by atoms with Gasteiger partial charge in [-0.15, -0.1) is 0 Å². The Morgan fingerprint density at radius 3 is 2.44 bits per heavy atom. The first-order valence-corrected chi connectivity index (χ1v) is 16.4. The number of carbonyl (C=O) groups excluding carboxylic acids is 4. The summed E-state index contributed by atoms with van der Waals surface area (Å²) in [5.74, 6) is -2.51. The molecular weight excluding hydrogens is 639 g/mol. The predicted octanol–water partition coefficient (Wildman–Crippen LogP) is 5.63. The fourth-order valence-corrected chi connectivity index (χ4v) is 5.19. The molecule has 246 valence electrons. The zero-order valence-corrected chi connectivity index (χ0v) is 28.9. The summed E-state index contributed by atoms with van der Waals surface area (Å²) in [4.78, 5) is 58.4. The van der Waals surface area contributed by atoms with Gasteiger partial charge in [-0.25, -0.2) is 0 Å². The number of piperidine rings is 1. The van der Waals surface area contributed by atoms with Crippen LogP contribution in [0.3, 0.4) is 0 Å². The van der Waals surface area contributed by atoms with E-state index in [0.717, 1.165) is 22.9 Å². The molecule has 1 fully saturated rings. The number of carbonyl (C=O) groups is 4. The molecule has 12 heteroatoms. The lowest BCUT2D eigenvalue weighted by molar-refractivity contribution is -0.152. The number of alkyl halides is 3. The summed E-state index contributed by atoms with van der Waals surface area (Å²) >= 11 is 17.0. The number of aromatic nitrogens is 1. The fourth-order valence-electron chi connectivity index (χ4n) is 5.03. The highest BCUT2D eigenvalue weighted by Crippen LogP contribution is 2.27. The molecule has 1 aliphatic heterocycles. The van der Waals surface area contributed by atoms with Gasteiger partial charge in [0.05, 0.1) is 17.0 Å². The average molecular weight is 682 g/mol. The van der Waals surface area contributed by atoms with E-state index in [0.29, 0.717) is 19.4 Å². The molecule has 3 amide bonds. The van der Waals surface area contributed by atoms with Gasteiger partial charge in [-0.1, -0.05) is 79.8 Å². The SMILES string of the molecule is CCc1ccc2cnc(/C=C/C(C)(C)C(=O)NC(C(=O)N[C@@H](C)C(=O)N3CCC[C@@H](C(=O)OCC(Cl)(Cl)Cl)C3)C(C)C)cc2c1. The van der Waals surface area contributed by atoms with Crippen LogP contribution in [0.1, 0.15) is 65.6 Å². The van der Waals surface area contributed by atoms with Gasteiger partial charge < -0.3 is 20.3 Å². The first-order chi connectivity index (χ1) is 21.0. The molecule has 2 aromatic rings. The standard InChI is InChI=1S/C33H43Cl3N4O5/c1-7-22-10-11-23-17-37-26(16-25(23)15-22)12-13-32(5,6)31(44)39-27(20(2)3)28(41)38-21(4)29(42)40-14-8-9-24(18-40)30(43)45-19-33(34,35)36/h10-13,15-17,20-21,24,27H,7-9,14,18-19H2,1-6H3,(H,38,41)(H,39,44)/b13-12+/t21-,24+,27?/m0/s1. The lowest BCUT2D eigenvalue weighted by atomic mass is 9.90. The Morgan fingerprint density at radius 2 is 1.80 bits per heavy atom.